The minimum Gasteiger partial charge on any atom is -0.504 e. The van der Waals surface area contributed by atoms with Crippen molar-refractivity contribution in [1.29, 1.82) is 0 Å². The molecule has 0 unspecified atom stereocenters. The summed E-state index contributed by atoms with van der Waals surface area (Å²) in [6, 6.07) is 7.76. The van der Waals surface area contributed by atoms with Crippen molar-refractivity contribution in [1.82, 2.24) is 0 Å². The highest BCUT2D eigenvalue weighted by Gasteiger charge is 2.12. The number of methoxy groups -OCH3 is 2. The van der Waals surface area contributed by atoms with Gasteiger partial charge in [0.15, 0.2) is 23.0 Å². The summed E-state index contributed by atoms with van der Waals surface area (Å²) in [5, 5.41) is 25.7. The smallest absolute Gasteiger partial charge is 0.295 e. The van der Waals surface area contributed by atoms with Crippen molar-refractivity contribution < 1.29 is 29.3 Å². The van der Waals surface area contributed by atoms with Crippen LogP contribution >= 0.6 is 0 Å². The summed E-state index contributed by atoms with van der Waals surface area (Å²) in [7, 11) is 2.68. The Bertz CT molecular complexity index is 749. The fourth-order valence-corrected chi connectivity index (χ4v) is 1.83. The van der Waals surface area contributed by atoms with E-state index < -0.39 is 11.8 Å². The summed E-state index contributed by atoms with van der Waals surface area (Å²) >= 11 is 0. The van der Waals surface area contributed by atoms with Crippen LogP contribution in [0.5, 0.6) is 23.0 Å². The lowest BCUT2D eigenvalue weighted by atomic mass is 10.2. The molecule has 8 heteroatoms. The summed E-state index contributed by atoms with van der Waals surface area (Å²) in [5.74, 6) is -1.59. The van der Waals surface area contributed by atoms with Crippen LogP contribution in [0.3, 0.4) is 0 Å². The van der Waals surface area contributed by atoms with Crippen molar-refractivity contribution in [2.45, 2.75) is 0 Å². The lowest BCUT2D eigenvalue weighted by Crippen LogP contribution is -1.99. The first-order valence-corrected chi connectivity index (χ1v) is 6.70. The van der Waals surface area contributed by atoms with Gasteiger partial charge in [0.25, 0.3) is 11.8 Å². The van der Waals surface area contributed by atoms with Crippen LogP contribution in [0.1, 0.15) is 20.7 Å². The largest absolute Gasteiger partial charge is 0.504 e. The minimum atomic E-state index is -0.771. The molecule has 0 fully saturated rings. The molecule has 0 saturated carbocycles. The molecule has 0 atom stereocenters. The second-order valence-corrected chi connectivity index (χ2v) is 4.58. The maximum absolute atomic E-state index is 11.9. The summed E-state index contributed by atoms with van der Waals surface area (Å²) < 4.78 is 9.78. The van der Waals surface area contributed by atoms with Gasteiger partial charge in [-0.3, -0.25) is 9.59 Å². The molecule has 124 valence electrons. The molecule has 0 radical (unpaired) electrons. The van der Waals surface area contributed by atoms with E-state index in [1.165, 1.54) is 50.6 Å². The van der Waals surface area contributed by atoms with Gasteiger partial charge in [-0.2, -0.15) is 0 Å². The molecular formula is C16H14N2O6. The highest BCUT2D eigenvalue weighted by Crippen LogP contribution is 2.27. The predicted molar refractivity (Wildman–Crippen MR) is 82.8 cm³/mol. The van der Waals surface area contributed by atoms with Crippen LogP contribution in [0.4, 0.5) is 0 Å². The molecule has 0 aliphatic heterocycles. The van der Waals surface area contributed by atoms with E-state index in [1.54, 1.807) is 0 Å². The highest BCUT2D eigenvalue weighted by molar-refractivity contribution is 5.99. The monoisotopic (exact) mass is 330 g/mol. The maximum Gasteiger partial charge on any atom is 0.295 e. The van der Waals surface area contributed by atoms with Gasteiger partial charge in [-0.05, 0) is 36.4 Å². The molecule has 2 aromatic carbocycles. The number of phenolic OH excluding ortho intramolecular Hbond substituents is 2. The molecule has 0 aliphatic rings. The lowest BCUT2D eigenvalue weighted by Gasteiger charge is -2.04. The molecule has 0 spiro atoms. The van der Waals surface area contributed by atoms with Gasteiger partial charge in [0.2, 0.25) is 0 Å². The SMILES string of the molecule is COc1cc(C(=O)N=NC(=O)c2ccc(O)c(OC)c2)ccc1O. The number of amides is 2. The topological polar surface area (TPSA) is 118 Å². The zero-order valence-corrected chi connectivity index (χ0v) is 12.9. The first kappa shape index (κ1) is 16.9. The number of aromatic hydroxyl groups is 2. The summed E-state index contributed by atoms with van der Waals surface area (Å²) in [5.41, 5.74) is 0.203. The Labute approximate surface area is 137 Å². The Hall–Kier alpha value is -3.42. The average Bonchev–Trinajstić information content (AvgIpc) is 2.60. The quantitative estimate of drug-likeness (QED) is 0.832. The number of carbonyl (C=O) groups is 2. The number of phenols is 2. The van der Waals surface area contributed by atoms with Crippen LogP contribution in [0, 0.1) is 0 Å². The van der Waals surface area contributed by atoms with Crippen LogP contribution in [0.2, 0.25) is 0 Å². The van der Waals surface area contributed by atoms with E-state index in [1.807, 2.05) is 0 Å². The fraction of sp³-hybridized carbons (Fsp3) is 0.125. The van der Waals surface area contributed by atoms with Crippen LogP contribution in [0.25, 0.3) is 0 Å². The molecule has 2 aromatic rings. The Kier molecular flexibility index (Phi) is 5.10. The molecule has 2 N–H and O–H groups in total. The van der Waals surface area contributed by atoms with Crippen molar-refractivity contribution in [2.24, 2.45) is 10.2 Å². The van der Waals surface area contributed by atoms with Crippen molar-refractivity contribution in [2.75, 3.05) is 14.2 Å². The number of rotatable bonds is 4. The number of azo groups is 1. The number of carbonyl (C=O) groups excluding carboxylic acids is 2. The molecule has 0 saturated heterocycles. The molecule has 0 bridgehead atoms. The number of hydrogen-bond donors (Lipinski definition) is 2. The molecule has 0 aromatic heterocycles. The van der Waals surface area contributed by atoms with Gasteiger partial charge in [0.1, 0.15) is 0 Å². The van der Waals surface area contributed by atoms with Crippen LogP contribution in [0.15, 0.2) is 46.6 Å². The fourth-order valence-electron chi connectivity index (χ4n) is 1.83. The third-order valence-electron chi connectivity index (χ3n) is 3.08. The lowest BCUT2D eigenvalue weighted by molar-refractivity contribution is 0.0946. The number of hydrogen-bond acceptors (Lipinski definition) is 6. The van der Waals surface area contributed by atoms with Gasteiger partial charge in [-0.1, -0.05) is 0 Å². The Balaban J connectivity index is 2.18. The molecule has 2 amide bonds. The van der Waals surface area contributed by atoms with E-state index in [9.17, 15) is 19.8 Å². The van der Waals surface area contributed by atoms with E-state index in [2.05, 4.69) is 10.2 Å². The molecule has 8 nitrogen and oxygen atoms in total. The van der Waals surface area contributed by atoms with Crippen LogP contribution in [-0.4, -0.2) is 36.2 Å². The summed E-state index contributed by atoms with van der Waals surface area (Å²) in [6.45, 7) is 0. The number of ether oxygens (including phenoxy) is 2. The van der Waals surface area contributed by atoms with E-state index in [-0.39, 0.29) is 34.1 Å². The van der Waals surface area contributed by atoms with Gasteiger partial charge in [-0.15, -0.1) is 10.2 Å². The van der Waals surface area contributed by atoms with Crippen molar-refractivity contribution in [3.05, 3.63) is 47.5 Å². The maximum atomic E-state index is 11.9. The van der Waals surface area contributed by atoms with Crippen molar-refractivity contribution >= 4 is 11.8 Å². The van der Waals surface area contributed by atoms with E-state index in [0.29, 0.717) is 0 Å². The van der Waals surface area contributed by atoms with Gasteiger partial charge >= 0.3 is 0 Å². The zero-order valence-electron chi connectivity index (χ0n) is 12.9. The minimum absolute atomic E-state index is 0.101. The summed E-state index contributed by atoms with van der Waals surface area (Å²) in [6.07, 6.45) is 0. The Morgan fingerprint density at radius 3 is 1.50 bits per heavy atom. The normalized spacial score (nSPS) is 10.6. The van der Waals surface area contributed by atoms with Gasteiger partial charge in [-0.25, -0.2) is 0 Å². The van der Waals surface area contributed by atoms with E-state index >= 15 is 0 Å². The van der Waals surface area contributed by atoms with E-state index in [4.69, 9.17) is 9.47 Å². The van der Waals surface area contributed by atoms with Gasteiger partial charge < -0.3 is 19.7 Å². The van der Waals surface area contributed by atoms with Crippen LogP contribution in [-0.2, 0) is 0 Å². The summed E-state index contributed by atoms with van der Waals surface area (Å²) in [4.78, 5) is 23.8. The van der Waals surface area contributed by atoms with Gasteiger partial charge in [0.05, 0.1) is 14.2 Å². The Morgan fingerprint density at radius 1 is 0.792 bits per heavy atom. The first-order valence-electron chi connectivity index (χ1n) is 6.70. The second-order valence-electron chi connectivity index (χ2n) is 4.58. The molecule has 0 aliphatic carbocycles. The standard InChI is InChI=1S/C16H14N2O6/c1-23-13-7-9(3-5-11(13)19)15(21)17-18-16(22)10-4-6-12(20)14(8-10)24-2/h3-8,19-20H,1-2H3. The van der Waals surface area contributed by atoms with Gasteiger partial charge in [0, 0.05) is 11.1 Å². The third-order valence-corrected chi connectivity index (χ3v) is 3.08. The van der Waals surface area contributed by atoms with Crippen LogP contribution < -0.4 is 9.47 Å². The van der Waals surface area contributed by atoms with Crippen molar-refractivity contribution in [3.63, 3.8) is 0 Å². The Morgan fingerprint density at radius 2 is 1.17 bits per heavy atom. The molecule has 0 heterocycles. The van der Waals surface area contributed by atoms with E-state index in [0.717, 1.165) is 0 Å². The predicted octanol–water partition coefficient (Wildman–Crippen LogP) is 2.55. The van der Waals surface area contributed by atoms with Crippen molar-refractivity contribution in [3.8, 4) is 23.0 Å². The third kappa shape index (κ3) is 3.67. The first-order chi connectivity index (χ1) is 11.5. The zero-order chi connectivity index (χ0) is 17.7. The molecule has 24 heavy (non-hydrogen) atoms. The average molecular weight is 330 g/mol. The second kappa shape index (κ2) is 7.23. The number of benzene rings is 2. The molecule has 2 rings (SSSR count). The molecular weight excluding hydrogens is 316 g/mol. The number of nitrogens with zero attached hydrogens (tertiary/aromatic N) is 2. The highest BCUT2D eigenvalue weighted by atomic mass is 16.5.